The molecule has 1 aromatic carbocycles. The van der Waals surface area contributed by atoms with E-state index in [-0.39, 0.29) is 12.2 Å². The first-order chi connectivity index (χ1) is 9.90. The Hall–Kier alpha value is -2.21. The minimum atomic E-state index is -1.17. The van der Waals surface area contributed by atoms with Crippen LogP contribution in [0.15, 0.2) is 24.3 Å². The number of rotatable bonds is 4. The first-order valence-electron chi connectivity index (χ1n) is 6.29. The van der Waals surface area contributed by atoms with Crippen LogP contribution in [0.3, 0.4) is 0 Å². The van der Waals surface area contributed by atoms with Crippen molar-refractivity contribution in [2.75, 3.05) is 0 Å². The van der Waals surface area contributed by atoms with Gasteiger partial charge in [0.15, 0.2) is 0 Å². The lowest BCUT2D eigenvalue weighted by atomic mass is 9.80. The Morgan fingerprint density at radius 2 is 1.76 bits per heavy atom. The van der Waals surface area contributed by atoms with Crippen molar-refractivity contribution >= 4 is 35.2 Å². The standard InChI is InChI=1S/C14H13ClN2O4/c1-7(18)6-9(8-4-2-3-5-10(8)15)11-12(19)16-14(21)17-13(11)20/h2-5,9,11H,6H2,1H3,(H2,16,17,19,20,21). The van der Waals surface area contributed by atoms with Gasteiger partial charge in [-0.3, -0.25) is 20.2 Å². The predicted molar refractivity (Wildman–Crippen MR) is 74.7 cm³/mol. The van der Waals surface area contributed by atoms with Gasteiger partial charge in [0.2, 0.25) is 11.8 Å². The topological polar surface area (TPSA) is 92.3 Å². The zero-order valence-electron chi connectivity index (χ0n) is 11.2. The molecule has 6 nitrogen and oxygen atoms in total. The van der Waals surface area contributed by atoms with Gasteiger partial charge < -0.3 is 4.79 Å². The summed E-state index contributed by atoms with van der Waals surface area (Å²) in [6, 6.07) is 5.84. The average Bonchev–Trinajstić information content (AvgIpc) is 2.36. The van der Waals surface area contributed by atoms with E-state index in [1.165, 1.54) is 6.92 Å². The van der Waals surface area contributed by atoms with Crippen molar-refractivity contribution in [3.05, 3.63) is 34.9 Å². The maximum absolute atomic E-state index is 12.0. The third kappa shape index (κ3) is 3.28. The molecule has 21 heavy (non-hydrogen) atoms. The highest BCUT2D eigenvalue weighted by atomic mass is 35.5. The molecule has 7 heteroatoms. The SMILES string of the molecule is CC(=O)CC(c1ccccc1Cl)C1C(=O)NC(=O)NC1=O. The molecule has 1 atom stereocenters. The lowest BCUT2D eigenvalue weighted by Gasteiger charge is -2.28. The number of barbiturate groups is 1. The molecule has 0 radical (unpaired) electrons. The summed E-state index contributed by atoms with van der Waals surface area (Å²) in [5.74, 6) is -3.53. The summed E-state index contributed by atoms with van der Waals surface area (Å²) in [6.45, 7) is 1.37. The van der Waals surface area contributed by atoms with E-state index in [1.54, 1.807) is 24.3 Å². The summed E-state index contributed by atoms with van der Waals surface area (Å²) < 4.78 is 0. The number of hydrogen-bond donors (Lipinski definition) is 2. The van der Waals surface area contributed by atoms with Gasteiger partial charge in [-0.1, -0.05) is 29.8 Å². The molecule has 110 valence electrons. The van der Waals surface area contributed by atoms with Crippen LogP contribution in [0, 0.1) is 5.92 Å². The third-order valence-electron chi connectivity index (χ3n) is 3.25. The highest BCUT2D eigenvalue weighted by molar-refractivity contribution is 6.31. The second-order valence-electron chi connectivity index (χ2n) is 4.82. The number of hydrogen-bond acceptors (Lipinski definition) is 4. The number of ketones is 1. The van der Waals surface area contributed by atoms with Crippen LogP contribution in [-0.2, 0) is 14.4 Å². The molecule has 1 aliphatic heterocycles. The van der Waals surface area contributed by atoms with E-state index in [4.69, 9.17) is 11.6 Å². The number of imide groups is 2. The summed E-state index contributed by atoms with van der Waals surface area (Å²) >= 11 is 6.10. The number of amides is 4. The highest BCUT2D eigenvalue weighted by Gasteiger charge is 2.41. The molecule has 4 amide bonds. The van der Waals surface area contributed by atoms with Gasteiger partial charge in [0.05, 0.1) is 0 Å². The zero-order chi connectivity index (χ0) is 15.6. The van der Waals surface area contributed by atoms with E-state index in [0.29, 0.717) is 10.6 Å². The molecule has 0 aliphatic carbocycles. The van der Waals surface area contributed by atoms with E-state index < -0.39 is 29.7 Å². The number of halogens is 1. The fourth-order valence-corrected chi connectivity index (χ4v) is 2.66. The Labute approximate surface area is 125 Å². The summed E-state index contributed by atoms with van der Waals surface area (Å²) in [5, 5.41) is 4.44. The lowest BCUT2D eigenvalue weighted by Crippen LogP contribution is -2.57. The van der Waals surface area contributed by atoms with E-state index in [0.717, 1.165) is 0 Å². The average molecular weight is 309 g/mol. The van der Waals surface area contributed by atoms with Crippen molar-refractivity contribution in [2.24, 2.45) is 5.92 Å². The third-order valence-corrected chi connectivity index (χ3v) is 3.60. The highest BCUT2D eigenvalue weighted by Crippen LogP contribution is 2.34. The van der Waals surface area contributed by atoms with Crippen LogP contribution in [0.1, 0.15) is 24.8 Å². The number of carbonyl (C=O) groups is 4. The number of benzene rings is 1. The van der Waals surface area contributed by atoms with Crippen LogP contribution in [0.2, 0.25) is 5.02 Å². The van der Waals surface area contributed by atoms with E-state index in [2.05, 4.69) is 0 Å². The van der Waals surface area contributed by atoms with Gasteiger partial charge in [-0.15, -0.1) is 0 Å². The molecule has 0 saturated carbocycles. The van der Waals surface area contributed by atoms with Crippen molar-refractivity contribution < 1.29 is 19.2 Å². The van der Waals surface area contributed by atoms with Gasteiger partial charge in [-0.05, 0) is 18.6 Å². The van der Waals surface area contributed by atoms with Crippen LogP contribution in [-0.4, -0.2) is 23.6 Å². The van der Waals surface area contributed by atoms with Gasteiger partial charge in [0, 0.05) is 17.4 Å². The Balaban J connectivity index is 2.43. The minimum absolute atomic E-state index is 0.0244. The first kappa shape index (κ1) is 15.2. The van der Waals surface area contributed by atoms with Gasteiger partial charge in [0.1, 0.15) is 11.7 Å². The van der Waals surface area contributed by atoms with Gasteiger partial charge >= 0.3 is 6.03 Å². The van der Waals surface area contributed by atoms with Crippen LogP contribution in [0.5, 0.6) is 0 Å². The predicted octanol–water partition coefficient (Wildman–Crippen LogP) is 1.38. The molecule has 1 saturated heterocycles. The first-order valence-corrected chi connectivity index (χ1v) is 6.67. The zero-order valence-corrected chi connectivity index (χ0v) is 11.9. The fraction of sp³-hybridized carbons (Fsp3) is 0.286. The van der Waals surface area contributed by atoms with Crippen LogP contribution >= 0.6 is 11.6 Å². The molecule has 2 rings (SSSR count). The minimum Gasteiger partial charge on any atom is -0.300 e. The maximum atomic E-state index is 12.0. The van der Waals surface area contributed by atoms with Crippen LogP contribution in [0.4, 0.5) is 4.79 Å². The number of urea groups is 1. The summed E-state index contributed by atoms with van der Waals surface area (Å²) in [4.78, 5) is 46.6. The quantitative estimate of drug-likeness (QED) is 0.822. The van der Waals surface area contributed by atoms with Gasteiger partial charge in [-0.2, -0.15) is 0 Å². The van der Waals surface area contributed by atoms with E-state index in [1.807, 2.05) is 10.6 Å². The largest absolute Gasteiger partial charge is 0.328 e. The molecule has 1 heterocycles. The summed E-state index contributed by atoms with van der Waals surface area (Å²) in [5.41, 5.74) is 0.527. The Kier molecular flexibility index (Phi) is 4.37. The summed E-state index contributed by atoms with van der Waals surface area (Å²) in [7, 11) is 0. The van der Waals surface area contributed by atoms with Gasteiger partial charge in [-0.25, -0.2) is 4.79 Å². The second-order valence-corrected chi connectivity index (χ2v) is 5.23. The van der Waals surface area contributed by atoms with Crippen LogP contribution in [0.25, 0.3) is 0 Å². The molecule has 0 aromatic heterocycles. The Bertz CT molecular complexity index is 609. The number of Topliss-reactive ketones (excluding diaryl/α,β-unsaturated/α-hetero) is 1. The lowest BCUT2D eigenvalue weighted by molar-refractivity contribution is -0.137. The number of carbonyl (C=O) groups excluding carboxylic acids is 4. The molecule has 1 aromatic rings. The molecular weight excluding hydrogens is 296 g/mol. The fourth-order valence-electron chi connectivity index (χ4n) is 2.39. The molecule has 0 spiro atoms. The summed E-state index contributed by atoms with van der Waals surface area (Å²) in [6.07, 6.45) is -0.0244. The monoisotopic (exact) mass is 308 g/mol. The normalized spacial score (nSPS) is 17.1. The van der Waals surface area contributed by atoms with Crippen molar-refractivity contribution in [2.45, 2.75) is 19.3 Å². The molecule has 0 bridgehead atoms. The van der Waals surface area contributed by atoms with Gasteiger partial charge in [0.25, 0.3) is 0 Å². The molecule has 1 unspecified atom stereocenters. The van der Waals surface area contributed by atoms with Crippen molar-refractivity contribution in [3.8, 4) is 0 Å². The smallest absolute Gasteiger partial charge is 0.300 e. The number of nitrogens with one attached hydrogen (secondary N) is 2. The molecular formula is C14H13ClN2O4. The Morgan fingerprint density at radius 3 is 2.29 bits per heavy atom. The molecule has 2 N–H and O–H groups in total. The van der Waals surface area contributed by atoms with E-state index >= 15 is 0 Å². The van der Waals surface area contributed by atoms with Crippen molar-refractivity contribution in [1.29, 1.82) is 0 Å². The van der Waals surface area contributed by atoms with E-state index in [9.17, 15) is 19.2 Å². The van der Waals surface area contributed by atoms with Crippen LogP contribution < -0.4 is 10.6 Å². The van der Waals surface area contributed by atoms with Crippen molar-refractivity contribution in [1.82, 2.24) is 10.6 Å². The maximum Gasteiger partial charge on any atom is 0.328 e. The molecule has 1 fully saturated rings. The Morgan fingerprint density at radius 1 is 1.19 bits per heavy atom. The second kappa shape index (κ2) is 6.05. The van der Waals surface area contributed by atoms with Crippen molar-refractivity contribution in [3.63, 3.8) is 0 Å². The molecule has 1 aliphatic rings.